The summed E-state index contributed by atoms with van der Waals surface area (Å²) >= 11 is 0.943. The Kier molecular flexibility index (Phi) is 5.27. The van der Waals surface area contributed by atoms with Gasteiger partial charge in [0.25, 0.3) is 5.91 Å². The SMILES string of the molecule is Cc1cccc(C(=O)Nc2nc(-c3nnn(-c4ccccc4C(F)(F)F)c3C)ns2)c1. The number of para-hydroxylation sites is 1. The average Bonchev–Trinajstić information content (AvgIpc) is 3.33. The van der Waals surface area contributed by atoms with Crippen molar-refractivity contribution < 1.29 is 18.0 Å². The molecule has 0 aliphatic heterocycles. The molecular weight excluding hydrogens is 429 g/mol. The maximum atomic E-state index is 13.4. The number of hydrogen-bond donors (Lipinski definition) is 1. The molecular formula is C20H15F3N6OS. The van der Waals surface area contributed by atoms with E-state index in [9.17, 15) is 18.0 Å². The molecule has 0 spiro atoms. The number of rotatable bonds is 4. The van der Waals surface area contributed by atoms with Gasteiger partial charge in [-0.25, -0.2) is 4.68 Å². The van der Waals surface area contributed by atoms with Gasteiger partial charge in [0.2, 0.25) is 5.13 Å². The Labute approximate surface area is 178 Å². The van der Waals surface area contributed by atoms with Crippen LogP contribution in [0.25, 0.3) is 17.2 Å². The molecule has 11 heteroatoms. The third-order valence-electron chi connectivity index (χ3n) is 4.47. The van der Waals surface area contributed by atoms with E-state index in [0.717, 1.165) is 27.8 Å². The summed E-state index contributed by atoms with van der Waals surface area (Å²) in [6, 6.07) is 12.2. The summed E-state index contributed by atoms with van der Waals surface area (Å²) in [5, 5.41) is 10.7. The monoisotopic (exact) mass is 444 g/mol. The highest BCUT2D eigenvalue weighted by Gasteiger charge is 2.34. The molecule has 0 aliphatic carbocycles. The van der Waals surface area contributed by atoms with E-state index in [-0.39, 0.29) is 28.2 Å². The maximum absolute atomic E-state index is 13.4. The molecule has 0 radical (unpaired) electrons. The van der Waals surface area contributed by atoms with Gasteiger partial charge in [0, 0.05) is 17.1 Å². The van der Waals surface area contributed by atoms with Crippen LogP contribution in [0.5, 0.6) is 0 Å². The van der Waals surface area contributed by atoms with Gasteiger partial charge >= 0.3 is 6.18 Å². The van der Waals surface area contributed by atoms with E-state index in [1.807, 2.05) is 13.0 Å². The first-order chi connectivity index (χ1) is 14.7. The smallest absolute Gasteiger partial charge is 0.297 e. The van der Waals surface area contributed by atoms with Crippen molar-refractivity contribution in [3.05, 3.63) is 70.9 Å². The van der Waals surface area contributed by atoms with Crippen molar-refractivity contribution in [3.8, 4) is 17.2 Å². The zero-order valence-corrected chi connectivity index (χ0v) is 17.1. The summed E-state index contributed by atoms with van der Waals surface area (Å²) in [5.74, 6) is -0.177. The minimum Gasteiger partial charge on any atom is -0.297 e. The molecule has 0 aliphatic rings. The Morgan fingerprint density at radius 2 is 1.87 bits per heavy atom. The fourth-order valence-corrected chi connectivity index (χ4v) is 3.55. The normalized spacial score (nSPS) is 11.5. The van der Waals surface area contributed by atoms with E-state index >= 15 is 0 Å². The number of alkyl halides is 3. The highest BCUT2D eigenvalue weighted by Crippen LogP contribution is 2.34. The molecule has 4 aromatic rings. The molecule has 1 amide bonds. The number of hydrogen-bond acceptors (Lipinski definition) is 6. The fourth-order valence-electron chi connectivity index (χ4n) is 2.99. The van der Waals surface area contributed by atoms with Crippen LogP contribution >= 0.6 is 11.5 Å². The van der Waals surface area contributed by atoms with Crippen molar-refractivity contribution in [2.45, 2.75) is 20.0 Å². The van der Waals surface area contributed by atoms with Gasteiger partial charge in [-0.05, 0) is 38.1 Å². The van der Waals surface area contributed by atoms with Crippen molar-refractivity contribution in [2.24, 2.45) is 0 Å². The van der Waals surface area contributed by atoms with Crippen molar-refractivity contribution in [1.29, 1.82) is 0 Å². The molecule has 1 N–H and O–H groups in total. The molecule has 2 aromatic heterocycles. The zero-order valence-electron chi connectivity index (χ0n) is 16.3. The minimum atomic E-state index is -4.54. The van der Waals surface area contributed by atoms with Crippen LogP contribution in [0.15, 0.2) is 48.5 Å². The number of benzene rings is 2. The van der Waals surface area contributed by atoms with Crippen LogP contribution in [0.2, 0.25) is 0 Å². The number of nitrogens with one attached hydrogen (secondary N) is 1. The molecule has 2 heterocycles. The first-order valence-electron chi connectivity index (χ1n) is 9.05. The summed E-state index contributed by atoms with van der Waals surface area (Å²) in [5.41, 5.74) is 1.01. The first kappa shape index (κ1) is 20.7. The molecule has 0 unspecified atom stereocenters. The largest absolute Gasteiger partial charge is 0.418 e. The second-order valence-electron chi connectivity index (χ2n) is 6.70. The van der Waals surface area contributed by atoms with Gasteiger partial charge in [-0.1, -0.05) is 35.0 Å². The molecule has 0 saturated heterocycles. The molecule has 0 fully saturated rings. The lowest BCUT2D eigenvalue weighted by Gasteiger charge is -2.12. The lowest BCUT2D eigenvalue weighted by molar-refractivity contribution is -0.137. The fraction of sp³-hybridized carbons (Fsp3) is 0.150. The van der Waals surface area contributed by atoms with Crippen LogP contribution in [0.4, 0.5) is 18.3 Å². The molecule has 0 atom stereocenters. The Hall–Kier alpha value is -3.60. The van der Waals surface area contributed by atoms with Gasteiger partial charge in [0.1, 0.15) is 0 Å². The highest BCUT2D eigenvalue weighted by molar-refractivity contribution is 7.10. The second-order valence-corrected chi connectivity index (χ2v) is 7.45. The third kappa shape index (κ3) is 4.17. The standard InChI is InChI=1S/C20H15F3N6OS/c1-11-6-5-7-13(10-11)18(30)25-19-24-17(27-31-19)16-12(2)29(28-26-16)15-9-4-3-8-14(15)20(21,22)23/h3-10H,1-2H3,(H,24,25,27,30). The van der Waals surface area contributed by atoms with E-state index in [1.165, 1.54) is 18.2 Å². The molecule has 31 heavy (non-hydrogen) atoms. The van der Waals surface area contributed by atoms with Crippen molar-refractivity contribution in [3.63, 3.8) is 0 Å². The number of carbonyl (C=O) groups excluding carboxylic acids is 1. The van der Waals surface area contributed by atoms with Gasteiger partial charge < -0.3 is 0 Å². The van der Waals surface area contributed by atoms with Crippen LogP contribution in [-0.2, 0) is 6.18 Å². The summed E-state index contributed by atoms with van der Waals surface area (Å²) in [6.07, 6.45) is -4.54. The van der Waals surface area contributed by atoms with Gasteiger partial charge in [0.15, 0.2) is 11.5 Å². The number of amides is 1. The Bertz CT molecular complexity index is 1260. The quantitative estimate of drug-likeness (QED) is 0.494. The first-order valence-corrected chi connectivity index (χ1v) is 9.82. The Morgan fingerprint density at radius 3 is 2.61 bits per heavy atom. The van der Waals surface area contributed by atoms with Gasteiger partial charge in [-0.3, -0.25) is 10.1 Å². The van der Waals surface area contributed by atoms with E-state index in [0.29, 0.717) is 11.3 Å². The average molecular weight is 444 g/mol. The highest BCUT2D eigenvalue weighted by atomic mass is 32.1. The minimum absolute atomic E-state index is 0.144. The van der Waals surface area contributed by atoms with Crippen molar-refractivity contribution in [2.75, 3.05) is 5.32 Å². The molecule has 0 bridgehead atoms. The lowest BCUT2D eigenvalue weighted by atomic mass is 10.1. The summed E-state index contributed by atoms with van der Waals surface area (Å²) in [6.45, 7) is 3.46. The van der Waals surface area contributed by atoms with Crippen molar-refractivity contribution in [1.82, 2.24) is 24.4 Å². The number of anilines is 1. The van der Waals surface area contributed by atoms with Crippen LogP contribution < -0.4 is 5.32 Å². The summed E-state index contributed by atoms with van der Waals surface area (Å²) in [4.78, 5) is 16.6. The molecule has 4 rings (SSSR count). The predicted molar refractivity (Wildman–Crippen MR) is 109 cm³/mol. The Morgan fingerprint density at radius 1 is 1.10 bits per heavy atom. The number of aromatic nitrogens is 5. The van der Waals surface area contributed by atoms with Crippen LogP contribution in [0.1, 0.15) is 27.2 Å². The van der Waals surface area contributed by atoms with Gasteiger partial charge in [-0.2, -0.15) is 22.5 Å². The zero-order chi connectivity index (χ0) is 22.2. The van der Waals surface area contributed by atoms with Gasteiger partial charge in [0.05, 0.1) is 16.9 Å². The molecule has 0 saturated carbocycles. The van der Waals surface area contributed by atoms with E-state index in [1.54, 1.807) is 25.1 Å². The number of aryl methyl sites for hydroxylation is 1. The third-order valence-corrected chi connectivity index (χ3v) is 5.10. The van der Waals surface area contributed by atoms with E-state index in [4.69, 9.17) is 0 Å². The van der Waals surface area contributed by atoms with E-state index < -0.39 is 11.7 Å². The Balaban J connectivity index is 1.62. The topological polar surface area (TPSA) is 85.6 Å². The van der Waals surface area contributed by atoms with Crippen molar-refractivity contribution >= 4 is 22.6 Å². The number of halogens is 3. The number of nitrogens with zero attached hydrogens (tertiary/aromatic N) is 5. The number of carbonyl (C=O) groups is 1. The van der Waals surface area contributed by atoms with E-state index in [2.05, 4.69) is 25.0 Å². The van der Waals surface area contributed by atoms with Gasteiger partial charge in [-0.15, -0.1) is 5.10 Å². The second kappa shape index (κ2) is 7.91. The summed E-state index contributed by atoms with van der Waals surface area (Å²) in [7, 11) is 0. The molecule has 158 valence electrons. The van der Waals surface area contributed by atoms with Crippen LogP contribution in [-0.4, -0.2) is 30.3 Å². The predicted octanol–water partition coefficient (Wildman–Crippen LogP) is 4.67. The summed E-state index contributed by atoms with van der Waals surface area (Å²) < 4.78 is 45.4. The molecule has 2 aromatic carbocycles. The molecule has 7 nitrogen and oxygen atoms in total. The van der Waals surface area contributed by atoms with Crippen LogP contribution in [0, 0.1) is 13.8 Å². The lowest BCUT2D eigenvalue weighted by Crippen LogP contribution is -2.12. The van der Waals surface area contributed by atoms with Crippen LogP contribution in [0.3, 0.4) is 0 Å². The maximum Gasteiger partial charge on any atom is 0.418 e.